The third-order valence-corrected chi connectivity index (χ3v) is 2.63. The fraction of sp³-hybridized carbons (Fsp3) is 0.154. The van der Waals surface area contributed by atoms with E-state index in [9.17, 15) is 13.2 Å². The Kier molecular flexibility index (Phi) is 2.98. The van der Waals surface area contributed by atoms with Crippen molar-refractivity contribution in [2.75, 3.05) is 5.73 Å². The lowest BCUT2D eigenvalue weighted by atomic mass is 10.0. The number of nitrogen functional groups attached to an aromatic ring is 1. The van der Waals surface area contributed by atoms with Crippen molar-refractivity contribution in [2.45, 2.75) is 13.1 Å². The van der Waals surface area contributed by atoms with Crippen molar-refractivity contribution in [3.63, 3.8) is 0 Å². The monoisotopic (exact) mass is 252 g/mol. The lowest BCUT2D eigenvalue weighted by molar-refractivity contribution is -0.137. The molecule has 5 heteroatoms. The number of halogens is 3. The highest BCUT2D eigenvalue weighted by Crippen LogP contribution is 2.31. The molecule has 18 heavy (non-hydrogen) atoms. The van der Waals surface area contributed by atoms with Crippen molar-refractivity contribution in [1.29, 1.82) is 0 Å². The van der Waals surface area contributed by atoms with Gasteiger partial charge in [0.2, 0.25) is 0 Å². The molecule has 0 saturated carbocycles. The molecule has 2 rings (SSSR count). The topological polar surface area (TPSA) is 38.9 Å². The molecule has 2 N–H and O–H groups in total. The third-order valence-electron chi connectivity index (χ3n) is 2.63. The maximum absolute atomic E-state index is 12.4. The summed E-state index contributed by atoms with van der Waals surface area (Å²) in [7, 11) is 0. The molecule has 0 radical (unpaired) electrons. The predicted molar refractivity (Wildman–Crippen MR) is 63.8 cm³/mol. The van der Waals surface area contributed by atoms with Gasteiger partial charge in [0, 0.05) is 11.3 Å². The van der Waals surface area contributed by atoms with Crippen LogP contribution in [0.1, 0.15) is 11.3 Å². The SMILES string of the molecule is Cc1ncc(N)cc1-c1ccc(C(F)(F)F)cc1. The summed E-state index contributed by atoms with van der Waals surface area (Å²) in [5, 5.41) is 0. The Hall–Kier alpha value is -2.04. The minimum atomic E-state index is -4.32. The van der Waals surface area contributed by atoms with Crippen molar-refractivity contribution < 1.29 is 13.2 Å². The van der Waals surface area contributed by atoms with E-state index in [1.54, 1.807) is 13.0 Å². The molecule has 0 bridgehead atoms. The smallest absolute Gasteiger partial charge is 0.397 e. The van der Waals surface area contributed by atoms with Gasteiger partial charge in [0.1, 0.15) is 0 Å². The van der Waals surface area contributed by atoms with Gasteiger partial charge in [0.05, 0.1) is 17.4 Å². The van der Waals surface area contributed by atoms with Gasteiger partial charge in [0.25, 0.3) is 0 Å². The molecule has 0 saturated heterocycles. The quantitative estimate of drug-likeness (QED) is 0.841. The molecular weight excluding hydrogens is 241 g/mol. The summed E-state index contributed by atoms with van der Waals surface area (Å²) in [6.45, 7) is 1.78. The molecule has 0 unspecified atom stereocenters. The van der Waals surface area contributed by atoms with E-state index in [1.807, 2.05) is 0 Å². The normalized spacial score (nSPS) is 11.6. The first kappa shape index (κ1) is 12.4. The minimum absolute atomic E-state index is 0.482. The predicted octanol–water partition coefficient (Wildman–Crippen LogP) is 3.66. The molecule has 94 valence electrons. The van der Waals surface area contributed by atoms with Crippen molar-refractivity contribution in [2.24, 2.45) is 0 Å². The Morgan fingerprint density at radius 3 is 2.28 bits per heavy atom. The first-order valence-corrected chi connectivity index (χ1v) is 5.27. The molecule has 0 amide bonds. The van der Waals surface area contributed by atoms with Gasteiger partial charge in [-0.1, -0.05) is 12.1 Å². The number of aryl methyl sites for hydroxylation is 1. The van der Waals surface area contributed by atoms with E-state index in [1.165, 1.54) is 18.3 Å². The van der Waals surface area contributed by atoms with E-state index in [4.69, 9.17) is 5.73 Å². The number of hydrogen-bond donors (Lipinski definition) is 1. The van der Waals surface area contributed by atoms with Gasteiger partial charge in [-0.15, -0.1) is 0 Å². The maximum atomic E-state index is 12.4. The maximum Gasteiger partial charge on any atom is 0.416 e. The van der Waals surface area contributed by atoms with Crippen LogP contribution in [0.2, 0.25) is 0 Å². The van der Waals surface area contributed by atoms with Crippen LogP contribution in [0.25, 0.3) is 11.1 Å². The van der Waals surface area contributed by atoms with Gasteiger partial charge < -0.3 is 5.73 Å². The summed E-state index contributed by atoms with van der Waals surface area (Å²) in [4.78, 5) is 4.08. The Balaban J connectivity index is 2.43. The number of rotatable bonds is 1. The number of nitrogens with two attached hydrogens (primary N) is 1. The van der Waals surface area contributed by atoms with Crippen molar-refractivity contribution in [1.82, 2.24) is 4.98 Å². The average molecular weight is 252 g/mol. The zero-order valence-corrected chi connectivity index (χ0v) is 9.62. The van der Waals surface area contributed by atoms with E-state index in [0.29, 0.717) is 11.3 Å². The summed E-state index contributed by atoms with van der Waals surface area (Å²) < 4.78 is 37.3. The van der Waals surface area contributed by atoms with Crippen LogP contribution >= 0.6 is 0 Å². The highest BCUT2D eigenvalue weighted by atomic mass is 19.4. The molecule has 0 aliphatic rings. The van der Waals surface area contributed by atoms with Crippen LogP contribution in [-0.2, 0) is 6.18 Å². The van der Waals surface area contributed by atoms with Gasteiger partial charge in [0.15, 0.2) is 0 Å². The standard InChI is InChI=1S/C13H11F3N2/c1-8-12(6-11(17)7-18-8)9-2-4-10(5-3-9)13(14,15)16/h2-7H,17H2,1H3. The van der Waals surface area contributed by atoms with Crippen molar-refractivity contribution in [3.8, 4) is 11.1 Å². The van der Waals surface area contributed by atoms with Crippen molar-refractivity contribution >= 4 is 5.69 Å². The first-order valence-electron chi connectivity index (χ1n) is 5.27. The van der Waals surface area contributed by atoms with Crippen molar-refractivity contribution in [3.05, 3.63) is 47.8 Å². The van der Waals surface area contributed by atoms with Crippen LogP contribution in [0.3, 0.4) is 0 Å². The number of alkyl halides is 3. The van der Waals surface area contributed by atoms with Gasteiger partial charge in [-0.05, 0) is 30.7 Å². The fourth-order valence-corrected chi connectivity index (χ4v) is 1.68. The number of nitrogens with zero attached hydrogens (tertiary/aromatic N) is 1. The van der Waals surface area contributed by atoms with Crippen LogP contribution in [0.5, 0.6) is 0 Å². The van der Waals surface area contributed by atoms with E-state index < -0.39 is 11.7 Å². The van der Waals surface area contributed by atoms with E-state index >= 15 is 0 Å². The molecule has 1 heterocycles. The Labute approximate surface area is 102 Å². The molecule has 1 aromatic heterocycles. The Morgan fingerprint density at radius 1 is 1.11 bits per heavy atom. The number of aromatic nitrogens is 1. The number of hydrogen-bond acceptors (Lipinski definition) is 2. The van der Waals surface area contributed by atoms with Crippen LogP contribution in [0, 0.1) is 6.92 Å². The molecule has 0 fully saturated rings. The molecule has 0 aliphatic carbocycles. The summed E-state index contributed by atoms with van der Waals surface area (Å²) in [6.07, 6.45) is -2.80. The third kappa shape index (κ3) is 2.45. The number of benzene rings is 1. The lowest BCUT2D eigenvalue weighted by Gasteiger charge is -2.09. The Morgan fingerprint density at radius 2 is 1.72 bits per heavy atom. The molecular formula is C13H11F3N2. The van der Waals surface area contributed by atoms with E-state index in [-0.39, 0.29) is 0 Å². The fourth-order valence-electron chi connectivity index (χ4n) is 1.68. The highest BCUT2D eigenvalue weighted by Gasteiger charge is 2.29. The number of pyridine rings is 1. The molecule has 2 aromatic rings. The average Bonchev–Trinajstić information content (AvgIpc) is 2.31. The zero-order valence-electron chi connectivity index (χ0n) is 9.62. The van der Waals surface area contributed by atoms with Gasteiger partial charge >= 0.3 is 6.18 Å². The zero-order chi connectivity index (χ0) is 13.3. The van der Waals surface area contributed by atoms with Crippen LogP contribution in [-0.4, -0.2) is 4.98 Å². The Bertz CT molecular complexity index is 559. The van der Waals surface area contributed by atoms with Gasteiger partial charge in [-0.3, -0.25) is 4.98 Å². The minimum Gasteiger partial charge on any atom is -0.397 e. The lowest BCUT2D eigenvalue weighted by Crippen LogP contribution is -2.04. The van der Waals surface area contributed by atoms with Gasteiger partial charge in [-0.25, -0.2) is 0 Å². The molecule has 1 aromatic carbocycles. The second kappa shape index (κ2) is 4.33. The second-order valence-electron chi connectivity index (χ2n) is 3.98. The van der Waals surface area contributed by atoms with Crippen LogP contribution < -0.4 is 5.73 Å². The van der Waals surface area contributed by atoms with Gasteiger partial charge in [-0.2, -0.15) is 13.2 Å². The molecule has 0 atom stereocenters. The summed E-state index contributed by atoms with van der Waals surface area (Å²) in [5.74, 6) is 0. The highest BCUT2D eigenvalue weighted by molar-refractivity contribution is 5.69. The second-order valence-corrected chi connectivity index (χ2v) is 3.98. The summed E-state index contributed by atoms with van der Waals surface area (Å²) >= 11 is 0. The summed E-state index contributed by atoms with van der Waals surface area (Å²) in [6, 6.07) is 6.65. The molecule has 0 spiro atoms. The first-order chi connectivity index (χ1) is 8.38. The van der Waals surface area contributed by atoms with E-state index in [0.717, 1.165) is 23.4 Å². The largest absolute Gasteiger partial charge is 0.416 e. The van der Waals surface area contributed by atoms with Crippen LogP contribution in [0.15, 0.2) is 36.5 Å². The molecule has 0 aliphatic heterocycles. The van der Waals surface area contributed by atoms with Crippen LogP contribution in [0.4, 0.5) is 18.9 Å². The molecule has 2 nitrogen and oxygen atoms in total. The summed E-state index contributed by atoms with van der Waals surface area (Å²) in [5.41, 5.74) is 7.57. The van der Waals surface area contributed by atoms with E-state index in [2.05, 4.69) is 4.98 Å². The number of anilines is 1.